The summed E-state index contributed by atoms with van der Waals surface area (Å²) in [5.41, 5.74) is 0. The summed E-state index contributed by atoms with van der Waals surface area (Å²) in [6, 6.07) is 0. The molecule has 0 aromatic carbocycles. The van der Waals surface area contributed by atoms with E-state index < -0.39 is 300 Å². The minimum Gasteiger partial charge on any atom is 0 e. The van der Waals surface area contributed by atoms with Crippen molar-refractivity contribution in [3.63, 3.8) is 0 Å². The molecule has 97 heavy (non-hydrogen) atoms. The Balaban J connectivity index is 14.4. The summed E-state index contributed by atoms with van der Waals surface area (Å²) in [5.74, 6) is 0. The van der Waals surface area contributed by atoms with Crippen LogP contribution in [0.1, 0.15) is 0 Å². The standard InChI is InChI=1S/B97/c1-50-75(51(2)3)87(74(48)49)93(86(72(44)45)73(46)47)96(92(84(68(36)37)69(38)39)85(70(40)41)71(42)43)97(94(88(76(52(4)5)53(6)7)77(54(8)9)55(10)11)89(78(56(12)13)57(14)15)79(58(16)17)59(18)19)95(90(80(60(20)21)61(22)23)81(62(24)25)63(26)27)91(82(64(28)29)65(30)31)83(66(32)33)67(34)35. The van der Waals surface area contributed by atoms with Gasteiger partial charge in [-0.3, -0.25) is 0 Å². The van der Waals surface area contributed by atoms with Crippen LogP contribution in [0.5, 0.6) is 0 Å². The smallest absolute Gasteiger partial charge is 0 e. The molecule has 0 saturated carbocycles. The minimum atomic E-state index is -2.26. The van der Waals surface area contributed by atoms with Gasteiger partial charge in [-0.2, -0.15) is 0 Å². The van der Waals surface area contributed by atoms with Crippen LogP contribution in [0.2, 0.25) is 0 Å². The maximum absolute atomic E-state index is 7.23. The Bertz CT molecular complexity index is 1610. The summed E-state index contributed by atoms with van der Waals surface area (Å²) in [5, 5.41) is 0. The van der Waals surface area contributed by atoms with E-state index in [1.165, 1.54) is 0 Å². The van der Waals surface area contributed by atoms with Crippen molar-refractivity contribution in [2.45, 2.75) is 0 Å². The number of hydrogen-bond acceptors (Lipinski definition) is 0. The van der Waals surface area contributed by atoms with Gasteiger partial charge in [-0.05, 0) is 0 Å². The molecule has 97 heteroatoms. The van der Waals surface area contributed by atoms with E-state index >= 15 is 0 Å². The molecule has 0 heterocycles. The molecular formula is B97. The highest BCUT2D eigenvalue weighted by molar-refractivity contribution is 8.43. The van der Waals surface area contributed by atoms with Crippen LogP contribution in [0.15, 0.2) is 0 Å². The summed E-state index contributed by atoms with van der Waals surface area (Å²) in [7, 11) is 348. The Kier molecular flexibility index (Phi) is 50.8. The zero-order valence-corrected chi connectivity index (χ0v) is 56.0. The molecule has 0 aromatic rings. The third-order valence-electron chi connectivity index (χ3n) is 20.7. The predicted molar refractivity (Wildman–Crippen MR) is 558 cm³/mol. The highest BCUT2D eigenvalue weighted by Crippen LogP contribution is 2.30. The van der Waals surface area contributed by atoms with E-state index in [9.17, 15) is 0 Å². The Morgan fingerprint density at radius 3 is 0.227 bits per heavy atom. The van der Waals surface area contributed by atoms with Crippen molar-refractivity contribution in [2.75, 3.05) is 0 Å². The van der Waals surface area contributed by atoms with Gasteiger partial charge in [-0.25, -0.2) is 0 Å². The normalized spacial score (nSPS) is 9.81. The van der Waals surface area contributed by atoms with Crippen LogP contribution in [0.4, 0.5) is 0 Å². The van der Waals surface area contributed by atoms with E-state index in [0.717, 1.165) is 7.06 Å². The molecule has 0 saturated heterocycles. The van der Waals surface area contributed by atoms with Gasteiger partial charge in [0.2, 0.25) is 0 Å². The molecule has 291 valence electrons. The Labute approximate surface area is 679 Å². The molecule has 0 aromatic heterocycles. The van der Waals surface area contributed by atoms with Gasteiger partial charge >= 0.3 is 0 Å². The van der Waals surface area contributed by atoms with E-state index in [1.807, 2.05) is 0 Å². The van der Waals surface area contributed by atoms with Crippen LogP contribution in [-0.4, -0.2) is 686 Å². The minimum absolute atomic E-state index is 1.04. The molecule has 0 aliphatic rings. The largest absolute Gasteiger partial charge is 0 e. The van der Waals surface area contributed by atoms with Gasteiger partial charge in [0, 0.05) is 686 Å². The van der Waals surface area contributed by atoms with E-state index in [1.54, 1.807) is 0 Å². The SMILES string of the molecule is [B][B]B(B([B])[B])B(B([B])[B])B(B(B([B])[B])B([B])[B])B(B(B(B([B])[B])B([B])[B])B(B([B])[B])B([B])[B])B(B(B(B(B([B])[B])B([B])[B])B(B([B])[B])B([B])[B])B(B(B([B])[B])B([B])[B])B(B([B])[B])B([B])[B])B(B(B(B([B])[B])B([B])[B])B(B([B])[B])B([B])[B])B(B(B([B])[B])B([B])[B])B(B([B])[B])B([B])[B]. The summed E-state index contributed by atoms with van der Waals surface area (Å²) in [4.78, 5) is 0. The summed E-state index contributed by atoms with van der Waals surface area (Å²) in [6.45, 7) is 0. The maximum Gasteiger partial charge on any atom is 0 e. The van der Waals surface area contributed by atoms with Gasteiger partial charge in [0.05, 0.1) is 0 Å². The molecule has 0 bridgehead atoms. The third kappa shape index (κ3) is 27.8. The van der Waals surface area contributed by atoms with E-state index in [-0.39, 0.29) is 0 Å². The first-order valence-corrected chi connectivity index (χ1v) is 32.0. The van der Waals surface area contributed by atoms with Crippen molar-refractivity contribution >= 4 is 686 Å². The van der Waals surface area contributed by atoms with E-state index in [0.29, 0.717) is 0 Å². The lowest BCUT2D eigenvalue weighted by molar-refractivity contribution is 3.13. The number of hydrogen-bond donors (Lipinski definition) is 0. The molecule has 0 N–H and O–H groups in total. The summed E-state index contributed by atoms with van der Waals surface area (Å²) in [6.07, 6.45) is -87.3. The lowest BCUT2D eigenvalue weighted by Crippen LogP contribution is -3.01. The van der Waals surface area contributed by atoms with Crippen molar-refractivity contribution < 1.29 is 0 Å². The number of rotatable bonds is 47. The predicted octanol–water partition coefficient (Wildman–Crippen LogP) is -36.9. The summed E-state index contributed by atoms with van der Waals surface area (Å²) < 4.78 is 0. The second kappa shape index (κ2) is 47.7. The van der Waals surface area contributed by atoms with Crippen LogP contribution in [0.3, 0.4) is 0 Å². The average molecular weight is 1050 g/mol. The molecule has 0 unspecified atom stereocenters. The maximum atomic E-state index is 7.23. The molecule has 0 atom stereocenters. The molecule has 0 aliphatic carbocycles. The molecule has 0 aliphatic heterocycles. The van der Waals surface area contributed by atoms with E-state index in [4.69, 9.17) is 379 Å². The van der Waals surface area contributed by atoms with Crippen molar-refractivity contribution in [3.05, 3.63) is 0 Å². The van der Waals surface area contributed by atoms with Gasteiger partial charge in [0.25, 0.3) is 0 Å². The molecule has 0 fully saturated rings. The molecule has 0 nitrogen and oxygen atoms in total. The third-order valence-corrected chi connectivity index (χ3v) is 20.7. The zero-order chi connectivity index (χ0) is 76.8. The van der Waals surface area contributed by atoms with Crippen molar-refractivity contribution in [1.82, 2.24) is 0 Å². The Morgan fingerprint density at radius 2 is 0.165 bits per heavy atom. The quantitative estimate of drug-likeness (QED) is 0.0533. The first-order valence-electron chi connectivity index (χ1n) is 32.0. The van der Waals surface area contributed by atoms with Gasteiger partial charge in [-0.15, -0.1) is 0 Å². The lowest BCUT2D eigenvalue weighted by Gasteiger charge is -2.63. The fraction of sp³-hybridized carbons (Fsp3) is 0. The van der Waals surface area contributed by atoms with E-state index in [2.05, 4.69) is 0 Å². The van der Waals surface area contributed by atoms with Gasteiger partial charge in [-0.1, -0.05) is 0 Å². The second-order valence-electron chi connectivity index (χ2n) is 27.3. The fourth-order valence-electron chi connectivity index (χ4n) is 17.4. The monoisotopic (exact) mass is 1070 g/mol. The Hall–Kier alpha value is 6.30. The highest BCUT2D eigenvalue weighted by atomic mass is 13.5. The lowest BCUT2D eigenvalue weighted by atomic mass is 8.18. The van der Waals surface area contributed by atoms with Crippen LogP contribution >= 0.6 is 0 Å². The fourth-order valence-corrected chi connectivity index (χ4v) is 17.4. The first kappa shape index (κ1) is 103. The van der Waals surface area contributed by atoms with Crippen molar-refractivity contribution in [3.8, 4) is 0 Å². The highest BCUT2D eigenvalue weighted by Gasteiger charge is 2.68. The van der Waals surface area contributed by atoms with Crippen LogP contribution in [-0.2, 0) is 0 Å². The second-order valence-corrected chi connectivity index (χ2v) is 27.3. The molecule has 0 spiro atoms. The summed E-state index contributed by atoms with van der Waals surface area (Å²) >= 11 is 0. The van der Waals surface area contributed by atoms with Crippen molar-refractivity contribution in [2.24, 2.45) is 0 Å². The molecule has 0 rings (SSSR count). The van der Waals surface area contributed by atoms with Crippen molar-refractivity contribution in [1.29, 1.82) is 0 Å². The average Bonchev–Trinajstić information content (AvgIpc) is 3.37. The van der Waals surface area contributed by atoms with Crippen LogP contribution in [0, 0.1) is 0 Å². The molecule has 0 amide bonds. The van der Waals surface area contributed by atoms with Gasteiger partial charge in [0.1, 0.15) is 0 Å². The molecule has 99 radical (unpaired) electrons. The van der Waals surface area contributed by atoms with Gasteiger partial charge in [0.15, 0.2) is 0 Å². The van der Waals surface area contributed by atoms with Gasteiger partial charge < -0.3 is 0 Å². The Morgan fingerprint density at radius 1 is 0.0928 bits per heavy atom. The first-order chi connectivity index (χ1) is 44.2. The van der Waals surface area contributed by atoms with Crippen LogP contribution < -0.4 is 0 Å². The zero-order valence-electron chi connectivity index (χ0n) is 56.0. The molecular weight excluding hydrogens is 1050 g/mol. The van der Waals surface area contributed by atoms with Crippen LogP contribution in [0.25, 0.3) is 0 Å². The topological polar surface area (TPSA) is 0 Å².